The molecular weight excluding hydrogens is 202 g/mol. The number of nitrogens with one attached hydrogen (secondary N) is 1. The Morgan fingerprint density at radius 3 is 2.93 bits per heavy atom. The molecule has 0 aliphatic heterocycles. The van der Waals surface area contributed by atoms with Crippen molar-refractivity contribution in [3.8, 4) is 0 Å². The Hall–Kier alpha value is -1.29. The van der Waals surface area contributed by atoms with Crippen molar-refractivity contribution in [1.82, 2.24) is 4.98 Å². The van der Waals surface area contributed by atoms with E-state index >= 15 is 0 Å². The lowest BCUT2D eigenvalue weighted by Crippen LogP contribution is -2.14. The average Bonchev–Trinajstić information content (AvgIpc) is 2.18. The van der Waals surface area contributed by atoms with E-state index in [1.807, 2.05) is 19.0 Å². The Balaban J connectivity index is 2.78. The maximum atomic E-state index is 11.0. The van der Waals surface area contributed by atoms with Gasteiger partial charge in [0.1, 0.15) is 11.7 Å². The number of aromatic nitrogens is 1. The van der Waals surface area contributed by atoms with Crippen molar-refractivity contribution in [2.24, 2.45) is 0 Å². The van der Waals surface area contributed by atoms with Crippen LogP contribution >= 0.6 is 11.6 Å². The predicted molar refractivity (Wildman–Crippen MR) is 57.9 cm³/mol. The maximum absolute atomic E-state index is 11.0. The zero-order chi connectivity index (χ0) is 10.6. The maximum Gasteiger partial charge on any atom is 0.239 e. The zero-order valence-corrected chi connectivity index (χ0v) is 8.88. The highest BCUT2D eigenvalue weighted by Gasteiger charge is 2.02. The second-order valence-corrected chi connectivity index (χ2v) is 3.25. The Morgan fingerprint density at radius 2 is 2.36 bits per heavy atom. The van der Waals surface area contributed by atoms with Crippen LogP contribution in [-0.4, -0.2) is 30.9 Å². The molecule has 1 aromatic heterocycles. The fourth-order valence-corrected chi connectivity index (χ4v) is 1.00. The summed E-state index contributed by atoms with van der Waals surface area (Å²) in [6.07, 6.45) is 1.64. The van der Waals surface area contributed by atoms with Crippen LogP contribution in [0.1, 0.15) is 0 Å². The number of anilines is 2. The molecule has 0 atom stereocenters. The summed E-state index contributed by atoms with van der Waals surface area (Å²) in [6.45, 7) is 0. The molecule has 0 aliphatic rings. The molecular formula is C9H12ClN3O. The molecule has 14 heavy (non-hydrogen) atoms. The highest BCUT2D eigenvalue weighted by molar-refractivity contribution is 6.29. The molecule has 0 spiro atoms. The Bertz CT molecular complexity index is 328. The van der Waals surface area contributed by atoms with E-state index in [4.69, 9.17) is 11.6 Å². The van der Waals surface area contributed by atoms with Crippen LogP contribution in [0.4, 0.5) is 11.5 Å². The van der Waals surface area contributed by atoms with Gasteiger partial charge >= 0.3 is 0 Å². The molecule has 1 aromatic rings. The molecule has 0 unspecified atom stereocenters. The first-order chi connectivity index (χ1) is 6.63. The summed E-state index contributed by atoms with van der Waals surface area (Å²) in [5.41, 5.74) is 0.703. The molecule has 5 heteroatoms. The number of rotatable bonds is 3. The quantitative estimate of drug-likeness (QED) is 0.771. The summed E-state index contributed by atoms with van der Waals surface area (Å²) in [7, 11) is 3.77. The van der Waals surface area contributed by atoms with Crippen LogP contribution in [-0.2, 0) is 4.79 Å². The van der Waals surface area contributed by atoms with Gasteiger partial charge in [0.15, 0.2) is 0 Å². The van der Waals surface area contributed by atoms with Gasteiger partial charge in [-0.15, -0.1) is 11.6 Å². The molecule has 0 fully saturated rings. The minimum Gasteiger partial charge on any atom is -0.363 e. The van der Waals surface area contributed by atoms with E-state index in [0.29, 0.717) is 5.69 Å². The lowest BCUT2D eigenvalue weighted by atomic mass is 10.3. The smallest absolute Gasteiger partial charge is 0.239 e. The largest absolute Gasteiger partial charge is 0.363 e. The molecule has 1 heterocycles. The number of amides is 1. The second kappa shape index (κ2) is 4.81. The average molecular weight is 214 g/mol. The van der Waals surface area contributed by atoms with Gasteiger partial charge in [-0.1, -0.05) is 0 Å². The van der Waals surface area contributed by atoms with Crippen LogP contribution < -0.4 is 10.2 Å². The second-order valence-electron chi connectivity index (χ2n) is 2.98. The number of halogens is 1. The number of alkyl halides is 1. The molecule has 0 radical (unpaired) electrons. The number of carbonyl (C=O) groups is 1. The molecule has 4 nitrogen and oxygen atoms in total. The first-order valence-corrected chi connectivity index (χ1v) is 4.66. The van der Waals surface area contributed by atoms with Gasteiger partial charge in [-0.05, 0) is 6.07 Å². The molecule has 1 amide bonds. The summed E-state index contributed by atoms with van der Waals surface area (Å²) >= 11 is 5.37. The fraction of sp³-hybridized carbons (Fsp3) is 0.333. The molecule has 0 aromatic carbocycles. The van der Waals surface area contributed by atoms with Crippen LogP contribution in [0.25, 0.3) is 0 Å². The van der Waals surface area contributed by atoms with Crippen molar-refractivity contribution in [3.63, 3.8) is 0 Å². The van der Waals surface area contributed by atoms with Gasteiger partial charge in [0.2, 0.25) is 5.91 Å². The predicted octanol–water partition coefficient (Wildman–Crippen LogP) is 1.32. The summed E-state index contributed by atoms with van der Waals surface area (Å²) < 4.78 is 0. The summed E-state index contributed by atoms with van der Waals surface area (Å²) in [4.78, 5) is 17.0. The zero-order valence-electron chi connectivity index (χ0n) is 8.12. The van der Waals surface area contributed by atoms with Gasteiger partial charge in [-0.3, -0.25) is 4.79 Å². The van der Waals surface area contributed by atoms with E-state index in [0.717, 1.165) is 5.82 Å². The number of hydrogen-bond donors (Lipinski definition) is 1. The van der Waals surface area contributed by atoms with Crippen molar-refractivity contribution in [2.75, 3.05) is 30.2 Å². The summed E-state index contributed by atoms with van der Waals surface area (Å²) in [5.74, 6) is 0.527. The van der Waals surface area contributed by atoms with Gasteiger partial charge in [0, 0.05) is 32.0 Å². The van der Waals surface area contributed by atoms with Crippen molar-refractivity contribution >= 4 is 29.0 Å². The normalized spacial score (nSPS) is 9.64. The van der Waals surface area contributed by atoms with E-state index in [-0.39, 0.29) is 11.8 Å². The van der Waals surface area contributed by atoms with Crippen LogP contribution in [0, 0.1) is 0 Å². The minimum absolute atomic E-state index is 0.0420. The van der Waals surface area contributed by atoms with E-state index in [2.05, 4.69) is 10.3 Å². The van der Waals surface area contributed by atoms with Gasteiger partial charge < -0.3 is 10.2 Å². The first kappa shape index (κ1) is 10.8. The SMILES string of the molecule is CN(C)c1cc(NC(=O)CCl)ccn1. The van der Waals surface area contributed by atoms with Crippen LogP contribution in [0.15, 0.2) is 18.3 Å². The minimum atomic E-state index is -0.220. The molecule has 0 aliphatic carbocycles. The van der Waals surface area contributed by atoms with Gasteiger partial charge in [-0.2, -0.15) is 0 Å². The number of pyridine rings is 1. The third-order valence-corrected chi connectivity index (χ3v) is 1.85. The molecule has 1 N–H and O–H groups in total. The number of nitrogens with zero attached hydrogens (tertiary/aromatic N) is 2. The summed E-state index contributed by atoms with van der Waals surface area (Å²) in [5, 5.41) is 2.65. The molecule has 0 bridgehead atoms. The standard InChI is InChI=1S/C9H12ClN3O/c1-13(2)8-5-7(3-4-11-8)12-9(14)6-10/h3-5H,6H2,1-2H3,(H,11,12,14). The van der Waals surface area contributed by atoms with Gasteiger partial charge in [0.05, 0.1) is 0 Å². The highest BCUT2D eigenvalue weighted by atomic mass is 35.5. The van der Waals surface area contributed by atoms with Crippen molar-refractivity contribution in [1.29, 1.82) is 0 Å². The lowest BCUT2D eigenvalue weighted by Gasteiger charge is -2.12. The van der Waals surface area contributed by atoms with Crippen LogP contribution in [0.5, 0.6) is 0 Å². The van der Waals surface area contributed by atoms with E-state index < -0.39 is 0 Å². The van der Waals surface area contributed by atoms with Gasteiger partial charge in [-0.25, -0.2) is 4.98 Å². The highest BCUT2D eigenvalue weighted by Crippen LogP contribution is 2.13. The Kier molecular flexibility index (Phi) is 3.71. The molecule has 0 saturated carbocycles. The van der Waals surface area contributed by atoms with Crippen molar-refractivity contribution in [2.45, 2.75) is 0 Å². The molecule has 1 rings (SSSR count). The third-order valence-electron chi connectivity index (χ3n) is 1.61. The van der Waals surface area contributed by atoms with E-state index in [9.17, 15) is 4.79 Å². The number of hydrogen-bond acceptors (Lipinski definition) is 3. The Morgan fingerprint density at radius 1 is 1.64 bits per heavy atom. The van der Waals surface area contributed by atoms with Crippen molar-refractivity contribution < 1.29 is 4.79 Å². The fourth-order valence-electron chi connectivity index (χ4n) is 0.935. The van der Waals surface area contributed by atoms with Crippen LogP contribution in [0.3, 0.4) is 0 Å². The molecule has 76 valence electrons. The first-order valence-electron chi connectivity index (χ1n) is 4.12. The Labute approximate surface area is 87.9 Å². The summed E-state index contributed by atoms with van der Waals surface area (Å²) in [6, 6.07) is 3.50. The lowest BCUT2D eigenvalue weighted by molar-refractivity contribution is -0.113. The van der Waals surface area contributed by atoms with Crippen molar-refractivity contribution in [3.05, 3.63) is 18.3 Å². The van der Waals surface area contributed by atoms with E-state index in [1.165, 1.54) is 0 Å². The third kappa shape index (κ3) is 2.88. The van der Waals surface area contributed by atoms with Crippen LogP contribution in [0.2, 0.25) is 0 Å². The van der Waals surface area contributed by atoms with E-state index in [1.54, 1.807) is 18.3 Å². The monoisotopic (exact) mass is 213 g/mol. The number of carbonyl (C=O) groups excluding carboxylic acids is 1. The van der Waals surface area contributed by atoms with Gasteiger partial charge in [0.25, 0.3) is 0 Å². The molecule has 0 saturated heterocycles. The topological polar surface area (TPSA) is 45.2 Å².